The van der Waals surface area contributed by atoms with Crippen LogP contribution in [-0.2, 0) is 14.6 Å². The third kappa shape index (κ3) is 6.90. The van der Waals surface area contributed by atoms with E-state index in [0.717, 1.165) is 5.39 Å². The van der Waals surface area contributed by atoms with E-state index in [-0.39, 0.29) is 23.5 Å². The fraction of sp³-hybridized carbons (Fsp3) is 0.304. The Hall–Kier alpha value is -3.88. The molecule has 0 aliphatic heterocycles. The zero-order valence-corrected chi connectivity index (χ0v) is 20.5. The predicted molar refractivity (Wildman–Crippen MR) is 126 cm³/mol. The minimum Gasteiger partial charge on any atom is -0.475 e. The minimum absolute atomic E-state index is 0.0373. The van der Waals surface area contributed by atoms with Gasteiger partial charge >= 0.3 is 12.1 Å². The van der Waals surface area contributed by atoms with Gasteiger partial charge in [-0.05, 0) is 30.2 Å². The van der Waals surface area contributed by atoms with Crippen molar-refractivity contribution < 1.29 is 40.3 Å². The van der Waals surface area contributed by atoms with Gasteiger partial charge in [0.25, 0.3) is 0 Å². The molecule has 0 radical (unpaired) electrons. The van der Waals surface area contributed by atoms with Crippen molar-refractivity contribution >= 4 is 26.8 Å². The molecule has 0 aliphatic carbocycles. The lowest BCUT2D eigenvalue weighted by molar-refractivity contribution is -0.192. The monoisotopic (exact) mass is 559 g/mol. The number of rotatable bonds is 8. The van der Waals surface area contributed by atoms with Crippen molar-refractivity contribution in [1.82, 2.24) is 24.7 Å². The molecular formula is C23H22F5N5O4S. The molecule has 3 heterocycles. The number of aliphatic carboxylic acids is 1. The van der Waals surface area contributed by atoms with E-state index in [1.54, 1.807) is 48.4 Å². The van der Waals surface area contributed by atoms with Gasteiger partial charge in [0, 0.05) is 29.8 Å². The molecule has 0 bridgehead atoms. The molecule has 0 saturated heterocycles. The lowest BCUT2D eigenvalue weighted by Crippen LogP contribution is -2.21. The summed E-state index contributed by atoms with van der Waals surface area (Å²) in [5.41, 5.74) is 2.68. The summed E-state index contributed by atoms with van der Waals surface area (Å²) in [5, 5.41) is 12.3. The first kappa shape index (κ1) is 28.7. The minimum atomic E-state index is -5.08. The molecule has 4 aromatic rings. The molecule has 1 atom stereocenters. The SMILES string of the molecule is CCS(=O)(=O)c1cccc(C(CCC(F)F)n2cc(-c3ncnc4[nH]ccc34)cn2)c1.O=C(O)C(F)(F)F. The average molecular weight is 560 g/mol. The molecule has 0 aliphatic rings. The van der Waals surface area contributed by atoms with Crippen molar-refractivity contribution in [3.05, 3.63) is 60.8 Å². The Morgan fingerprint density at radius 3 is 2.50 bits per heavy atom. The van der Waals surface area contributed by atoms with Crippen molar-refractivity contribution in [2.75, 3.05) is 5.75 Å². The fourth-order valence-corrected chi connectivity index (χ4v) is 4.49. The highest BCUT2D eigenvalue weighted by Gasteiger charge is 2.38. The molecule has 3 aromatic heterocycles. The largest absolute Gasteiger partial charge is 0.490 e. The van der Waals surface area contributed by atoms with Crippen molar-refractivity contribution in [3.63, 3.8) is 0 Å². The number of sulfone groups is 1. The molecule has 2 N–H and O–H groups in total. The number of nitrogens with zero attached hydrogens (tertiary/aromatic N) is 4. The van der Waals surface area contributed by atoms with Gasteiger partial charge in [0.1, 0.15) is 12.0 Å². The van der Waals surface area contributed by atoms with E-state index in [2.05, 4.69) is 20.1 Å². The van der Waals surface area contributed by atoms with Crippen LogP contribution in [0.4, 0.5) is 22.0 Å². The quantitative estimate of drug-likeness (QED) is 0.294. The van der Waals surface area contributed by atoms with Crippen LogP contribution in [0.5, 0.6) is 0 Å². The van der Waals surface area contributed by atoms with E-state index in [1.807, 2.05) is 6.07 Å². The molecule has 0 saturated carbocycles. The number of hydrogen-bond acceptors (Lipinski definition) is 6. The lowest BCUT2D eigenvalue weighted by Gasteiger charge is -2.19. The summed E-state index contributed by atoms with van der Waals surface area (Å²) in [6.45, 7) is 1.57. The number of fused-ring (bicyclic) bond motifs is 1. The van der Waals surface area contributed by atoms with E-state index in [4.69, 9.17) is 9.90 Å². The lowest BCUT2D eigenvalue weighted by atomic mass is 10.0. The second kappa shape index (κ2) is 11.7. The summed E-state index contributed by atoms with van der Waals surface area (Å²) in [6, 6.07) is 7.75. The van der Waals surface area contributed by atoms with Crippen LogP contribution in [0.3, 0.4) is 0 Å². The molecule has 1 unspecified atom stereocenters. The highest BCUT2D eigenvalue weighted by molar-refractivity contribution is 7.91. The van der Waals surface area contributed by atoms with Crippen LogP contribution in [0.25, 0.3) is 22.3 Å². The maximum absolute atomic E-state index is 13.0. The van der Waals surface area contributed by atoms with Crippen molar-refractivity contribution in [3.8, 4) is 11.3 Å². The molecule has 0 fully saturated rings. The van der Waals surface area contributed by atoms with Crippen LogP contribution in [0.2, 0.25) is 0 Å². The second-order valence-corrected chi connectivity index (χ2v) is 10.2. The summed E-state index contributed by atoms with van der Waals surface area (Å²) in [4.78, 5) is 20.6. The van der Waals surface area contributed by atoms with Gasteiger partial charge in [-0.25, -0.2) is 32.0 Å². The molecule has 9 nitrogen and oxygen atoms in total. The van der Waals surface area contributed by atoms with Crippen LogP contribution in [-0.4, -0.2) is 62.6 Å². The normalized spacial score (nSPS) is 12.8. The molecule has 0 spiro atoms. The summed E-state index contributed by atoms with van der Waals surface area (Å²) in [7, 11) is -3.42. The molecule has 1 aromatic carbocycles. The van der Waals surface area contributed by atoms with E-state index >= 15 is 0 Å². The Labute approximate surface area is 213 Å². The number of halogens is 5. The van der Waals surface area contributed by atoms with Crippen molar-refractivity contribution in [2.24, 2.45) is 0 Å². The average Bonchev–Trinajstić information content (AvgIpc) is 3.54. The highest BCUT2D eigenvalue weighted by Crippen LogP contribution is 2.30. The smallest absolute Gasteiger partial charge is 0.475 e. The van der Waals surface area contributed by atoms with E-state index in [1.165, 1.54) is 12.4 Å². The van der Waals surface area contributed by atoms with E-state index < -0.39 is 34.5 Å². The number of carbonyl (C=O) groups is 1. The Bertz CT molecular complexity index is 1500. The molecule has 0 amide bonds. The molecule has 4 rings (SSSR count). The van der Waals surface area contributed by atoms with Gasteiger partial charge in [-0.2, -0.15) is 18.3 Å². The maximum atomic E-state index is 13.0. The van der Waals surface area contributed by atoms with Crippen LogP contribution < -0.4 is 0 Å². The van der Waals surface area contributed by atoms with Gasteiger partial charge in [-0.15, -0.1) is 0 Å². The van der Waals surface area contributed by atoms with E-state index in [0.29, 0.717) is 22.5 Å². The first-order chi connectivity index (χ1) is 17.8. The number of carboxylic acids is 1. The first-order valence-electron chi connectivity index (χ1n) is 11.1. The van der Waals surface area contributed by atoms with Crippen molar-refractivity contribution in [1.29, 1.82) is 0 Å². The summed E-state index contributed by atoms with van der Waals surface area (Å²) >= 11 is 0. The number of hydrogen-bond donors (Lipinski definition) is 2. The summed E-state index contributed by atoms with van der Waals surface area (Å²) in [6.07, 6.45) is -1.21. The zero-order valence-electron chi connectivity index (χ0n) is 19.7. The number of aromatic amines is 1. The number of aromatic nitrogens is 5. The van der Waals surface area contributed by atoms with Crippen LogP contribution in [0, 0.1) is 0 Å². The molecule has 15 heteroatoms. The highest BCUT2D eigenvalue weighted by atomic mass is 32.2. The zero-order chi connectivity index (χ0) is 28.1. The number of benzene rings is 1. The third-order valence-corrected chi connectivity index (χ3v) is 7.16. The Balaban J connectivity index is 0.000000505. The summed E-state index contributed by atoms with van der Waals surface area (Å²) < 4.78 is 84.0. The number of H-pyrrole nitrogens is 1. The standard InChI is InChI=1S/C21H21F2N5O2S.C2HF3O2/c1-2-31(29,30)16-5-3-4-14(10-16)18(6-7-19(22)23)28-12-15(11-27-28)20-17-8-9-24-21(17)26-13-25-20;3-2(4,5)1(6)7/h3-5,8-13,18-19H,2,6-7H2,1H3,(H,24,25,26);(H,6,7). The van der Waals surface area contributed by atoms with Crippen LogP contribution in [0.1, 0.15) is 31.4 Å². The van der Waals surface area contributed by atoms with Gasteiger partial charge in [0.15, 0.2) is 9.84 Å². The van der Waals surface area contributed by atoms with Gasteiger partial charge in [0.05, 0.1) is 28.6 Å². The van der Waals surface area contributed by atoms with E-state index in [9.17, 15) is 30.4 Å². The van der Waals surface area contributed by atoms with Gasteiger partial charge in [-0.3, -0.25) is 4.68 Å². The summed E-state index contributed by atoms with van der Waals surface area (Å²) in [5.74, 6) is -2.79. The second-order valence-electron chi connectivity index (χ2n) is 7.93. The maximum Gasteiger partial charge on any atom is 0.490 e. The van der Waals surface area contributed by atoms with Gasteiger partial charge < -0.3 is 10.1 Å². The fourth-order valence-electron chi connectivity index (χ4n) is 3.55. The molecule has 204 valence electrons. The Morgan fingerprint density at radius 1 is 1.16 bits per heavy atom. The number of alkyl halides is 5. The number of nitrogens with one attached hydrogen (secondary N) is 1. The van der Waals surface area contributed by atoms with Crippen LogP contribution in [0.15, 0.2) is 60.1 Å². The molecular weight excluding hydrogens is 537 g/mol. The van der Waals surface area contributed by atoms with Gasteiger partial charge in [0.2, 0.25) is 6.43 Å². The third-order valence-electron chi connectivity index (χ3n) is 5.43. The Morgan fingerprint density at radius 2 is 1.87 bits per heavy atom. The molecule has 38 heavy (non-hydrogen) atoms. The van der Waals surface area contributed by atoms with Gasteiger partial charge in [-0.1, -0.05) is 19.1 Å². The van der Waals surface area contributed by atoms with Crippen LogP contribution >= 0.6 is 0 Å². The predicted octanol–water partition coefficient (Wildman–Crippen LogP) is 4.88. The Kier molecular flexibility index (Phi) is 8.81. The number of carboxylic acid groups (broad SMARTS) is 1. The van der Waals surface area contributed by atoms with Crippen molar-refractivity contribution in [2.45, 2.75) is 43.3 Å². The first-order valence-corrected chi connectivity index (χ1v) is 12.7. The topological polar surface area (TPSA) is 131 Å².